The van der Waals surface area contributed by atoms with Crippen molar-refractivity contribution >= 4 is 49.2 Å². The molecule has 0 atom stereocenters. The van der Waals surface area contributed by atoms with Crippen LogP contribution < -0.4 is 4.72 Å². The van der Waals surface area contributed by atoms with E-state index in [1.807, 2.05) is 22.6 Å². The van der Waals surface area contributed by atoms with Crippen molar-refractivity contribution in [3.63, 3.8) is 0 Å². The van der Waals surface area contributed by atoms with Gasteiger partial charge in [0.25, 0.3) is 0 Å². The number of fused-ring (bicyclic) bond motifs is 1. The molecule has 0 fully saturated rings. The van der Waals surface area contributed by atoms with Gasteiger partial charge in [-0.1, -0.05) is 0 Å². The molecule has 1 N–H and O–H groups in total. The number of nitrogens with zero attached hydrogens (tertiary/aromatic N) is 2. The molecule has 0 aliphatic heterocycles. The Kier molecular flexibility index (Phi) is 2.98. The first-order valence-corrected chi connectivity index (χ1v) is 7.30. The second-order valence-corrected chi connectivity index (χ2v) is 6.16. The van der Waals surface area contributed by atoms with Gasteiger partial charge in [-0.2, -0.15) is 0 Å². The number of hydrogen-bond acceptors (Lipinski definition) is 4. The average molecular weight is 349 g/mol. The molecule has 0 saturated heterocycles. The fraction of sp³-hybridized carbons (Fsp3) is 0.111. The summed E-state index contributed by atoms with van der Waals surface area (Å²) in [7, 11) is -3.30. The van der Waals surface area contributed by atoms with Gasteiger partial charge in [-0.05, 0) is 28.7 Å². The molecule has 0 radical (unpaired) electrons. The van der Waals surface area contributed by atoms with Gasteiger partial charge in [0, 0.05) is 24.0 Å². The fourth-order valence-corrected chi connectivity index (χ4v) is 2.64. The van der Waals surface area contributed by atoms with E-state index in [2.05, 4.69) is 14.7 Å². The predicted molar refractivity (Wildman–Crippen MR) is 70.7 cm³/mol. The summed E-state index contributed by atoms with van der Waals surface area (Å²) in [6.07, 6.45) is 5.95. The number of sulfonamides is 1. The molecule has 16 heavy (non-hydrogen) atoms. The topological polar surface area (TPSA) is 72.0 Å². The van der Waals surface area contributed by atoms with Gasteiger partial charge in [0.1, 0.15) is 0 Å². The van der Waals surface area contributed by atoms with Crippen LogP contribution in [0.25, 0.3) is 10.9 Å². The molecule has 2 heterocycles. The van der Waals surface area contributed by atoms with Crippen LogP contribution in [-0.4, -0.2) is 24.6 Å². The normalized spacial score (nSPS) is 11.6. The summed E-state index contributed by atoms with van der Waals surface area (Å²) in [5, 5.41) is 0.694. The minimum absolute atomic E-state index is 0.529. The summed E-state index contributed by atoms with van der Waals surface area (Å²) in [5.41, 5.74) is 1.24. The molecule has 84 valence electrons. The van der Waals surface area contributed by atoms with E-state index in [4.69, 9.17) is 0 Å². The quantitative estimate of drug-likeness (QED) is 0.837. The number of nitrogens with one attached hydrogen (secondary N) is 1. The molecular weight excluding hydrogens is 341 g/mol. The number of rotatable bonds is 2. The smallest absolute Gasteiger partial charge is 0.229 e. The second kappa shape index (κ2) is 4.13. The van der Waals surface area contributed by atoms with E-state index >= 15 is 0 Å². The highest BCUT2D eigenvalue weighted by Crippen LogP contribution is 2.26. The van der Waals surface area contributed by atoms with Crippen molar-refractivity contribution < 1.29 is 8.42 Å². The Balaban J connectivity index is 2.71. The Morgan fingerprint density at radius 1 is 1.38 bits per heavy atom. The largest absolute Gasteiger partial charge is 0.282 e. The molecule has 0 aromatic carbocycles. The number of aromatic nitrogens is 2. The lowest BCUT2D eigenvalue weighted by Gasteiger charge is -2.09. The van der Waals surface area contributed by atoms with Crippen molar-refractivity contribution in [3.05, 3.63) is 28.2 Å². The minimum atomic E-state index is -3.30. The van der Waals surface area contributed by atoms with E-state index in [-0.39, 0.29) is 0 Å². The maximum atomic E-state index is 11.2. The first-order valence-electron chi connectivity index (χ1n) is 4.33. The van der Waals surface area contributed by atoms with Gasteiger partial charge in [0.05, 0.1) is 21.0 Å². The van der Waals surface area contributed by atoms with Crippen molar-refractivity contribution in [2.24, 2.45) is 0 Å². The molecule has 2 aromatic heterocycles. The Morgan fingerprint density at radius 2 is 2.12 bits per heavy atom. The summed E-state index contributed by atoms with van der Waals surface area (Å²) in [6.45, 7) is 0. The zero-order chi connectivity index (χ0) is 11.8. The first kappa shape index (κ1) is 11.5. The second-order valence-electron chi connectivity index (χ2n) is 3.25. The number of hydrogen-bond donors (Lipinski definition) is 1. The van der Waals surface area contributed by atoms with E-state index in [0.717, 1.165) is 9.83 Å². The lowest BCUT2D eigenvalue weighted by atomic mass is 10.2. The molecule has 7 heteroatoms. The van der Waals surface area contributed by atoms with Crippen molar-refractivity contribution in [1.82, 2.24) is 9.97 Å². The molecule has 0 saturated carbocycles. The van der Waals surface area contributed by atoms with Crippen molar-refractivity contribution in [2.45, 2.75) is 0 Å². The molecule has 0 spiro atoms. The van der Waals surface area contributed by atoms with Crippen molar-refractivity contribution in [1.29, 1.82) is 0 Å². The SMILES string of the molecule is CS(=O)(=O)Nc1c(I)cnc2ccncc12. The number of pyridine rings is 2. The third kappa shape index (κ3) is 2.40. The van der Waals surface area contributed by atoms with Crippen molar-refractivity contribution in [3.8, 4) is 0 Å². The predicted octanol–water partition coefficient (Wildman–Crippen LogP) is 1.61. The molecule has 5 nitrogen and oxygen atoms in total. The van der Waals surface area contributed by atoms with Crippen LogP contribution in [0.3, 0.4) is 0 Å². The zero-order valence-electron chi connectivity index (χ0n) is 8.31. The summed E-state index contributed by atoms with van der Waals surface area (Å²) in [6, 6.07) is 1.73. The summed E-state index contributed by atoms with van der Waals surface area (Å²) in [5.74, 6) is 0. The van der Waals surface area contributed by atoms with E-state index in [9.17, 15) is 8.42 Å². The Bertz CT molecular complexity index is 642. The van der Waals surface area contributed by atoms with Crippen LogP contribution >= 0.6 is 22.6 Å². The van der Waals surface area contributed by atoms with Gasteiger partial charge >= 0.3 is 0 Å². The molecule has 2 aromatic rings. The zero-order valence-corrected chi connectivity index (χ0v) is 11.3. The van der Waals surface area contributed by atoms with Crippen LogP contribution in [-0.2, 0) is 10.0 Å². The Labute approximate surface area is 106 Å². The van der Waals surface area contributed by atoms with Gasteiger partial charge in [0.2, 0.25) is 10.0 Å². The summed E-state index contributed by atoms with van der Waals surface area (Å²) >= 11 is 2.03. The van der Waals surface area contributed by atoms with Crippen LogP contribution in [0, 0.1) is 3.57 Å². The van der Waals surface area contributed by atoms with Gasteiger partial charge < -0.3 is 0 Å². The van der Waals surface area contributed by atoms with Crippen LogP contribution in [0.2, 0.25) is 0 Å². The van der Waals surface area contributed by atoms with Crippen LogP contribution in [0.5, 0.6) is 0 Å². The van der Waals surface area contributed by atoms with Gasteiger partial charge in [-0.25, -0.2) is 8.42 Å². The van der Waals surface area contributed by atoms with Gasteiger partial charge in [0.15, 0.2) is 0 Å². The van der Waals surface area contributed by atoms with E-state index in [0.29, 0.717) is 16.6 Å². The molecule has 0 bridgehead atoms. The Morgan fingerprint density at radius 3 is 2.81 bits per heavy atom. The van der Waals surface area contributed by atoms with Crippen LogP contribution in [0.15, 0.2) is 24.7 Å². The average Bonchev–Trinajstić information content (AvgIpc) is 2.21. The third-order valence-electron chi connectivity index (χ3n) is 1.91. The summed E-state index contributed by atoms with van der Waals surface area (Å²) in [4.78, 5) is 8.16. The maximum Gasteiger partial charge on any atom is 0.229 e. The summed E-state index contributed by atoms with van der Waals surface area (Å²) < 4.78 is 25.7. The molecule has 2 rings (SSSR count). The number of anilines is 1. The first-order chi connectivity index (χ1) is 7.47. The lowest BCUT2D eigenvalue weighted by Crippen LogP contribution is -2.11. The molecule has 0 aliphatic rings. The van der Waals surface area contributed by atoms with E-state index in [1.165, 1.54) is 0 Å². The fourth-order valence-electron chi connectivity index (χ4n) is 1.30. The monoisotopic (exact) mass is 349 g/mol. The Hall–Kier alpha value is -0.960. The highest BCUT2D eigenvalue weighted by molar-refractivity contribution is 14.1. The van der Waals surface area contributed by atoms with Crippen LogP contribution in [0.4, 0.5) is 5.69 Å². The van der Waals surface area contributed by atoms with Crippen LogP contribution in [0.1, 0.15) is 0 Å². The molecular formula is C9H8IN3O2S. The highest BCUT2D eigenvalue weighted by atomic mass is 127. The molecule has 0 unspecified atom stereocenters. The van der Waals surface area contributed by atoms with E-state index < -0.39 is 10.0 Å². The van der Waals surface area contributed by atoms with Gasteiger partial charge in [-0.3, -0.25) is 14.7 Å². The third-order valence-corrected chi connectivity index (χ3v) is 3.30. The molecule has 0 amide bonds. The molecule has 0 aliphatic carbocycles. The highest BCUT2D eigenvalue weighted by Gasteiger charge is 2.10. The maximum absolute atomic E-state index is 11.2. The number of halogens is 1. The lowest BCUT2D eigenvalue weighted by molar-refractivity contribution is 0.607. The minimum Gasteiger partial charge on any atom is -0.282 e. The van der Waals surface area contributed by atoms with E-state index in [1.54, 1.807) is 24.7 Å². The van der Waals surface area contributed by atoms with Crippen molar-refractivity contribution in [2.75, 3.05) is 11.0 Å². The van der Waals surface area contributed by atoms with Gasteiger partial charge in [-0.15, -0.1) is 0 Å². The standard InChI is InChI=1S/C9H8IN3O2S/c1-16(14,15)13-9-6-4-11-3-2-8(6)12-5-7(9)10/h2-5H,1H3,(H,12,13).